The highest BCUT2D eigenvalue weighted by atomic mass is 35.5. The molecule has 1 aromatic heterocycles. The van der Waals surface area contributed by atoms with Gasteiger partial charge in [0.05, 0.1) is 25.0 Å². The summed E-state index contributed by atoms with van der Waals surface area (Å²) >= 11 is 6.00. The van der Waals surface area contributed by atoms with Crippen LogP contribution in [0, 0.1) is 0 Å². The number of aromatic hydroxyl groups is 1. The van der Waals surface area contributed by atoms with Gasteiger partial charge in [-0.2, -0.15) is 0 Å². The van der Waals surface area contributed by atoms with Gasteiger partial charge in [-0.25, -0.2) is 4.79 Å². The molecule has 0 aliphatic carbocycles. The molecule has 170 valence electrons. The van der Waals surface area contributed by atoms with Gasteiger partial charge in [-0.3, -0.25) is 9.59 Å². The number of ether oxygens (including phenoxy) is 3. The zero-order chi connectivity index (χ0) is 23.4. The van der Waals surface area contributed by atoms with Crippen molar-refractivity contribution in [2.75, 3.05) is 7.11 Å². The number of carbonyl (C=O) groups is 2. The predicted octanol–water partition coefficient (Wildman–Crippen LogP) is 4.02. The number of carbonyl (C=O) groups excluding carboxylic acids is 2. The molecule has 0 radical (unpaired) electrons. The lowest BCUT2D eigenvalue weighted by Crippen LogP contribution is -2.17. The van der Waals surface area contributed by atoms with Crippen LogP contribution in [0.25, 0.3) is 11.0 Å². The van der Waals surface area contributed by atoms with Crippen LogP contribution < -0.4 is 15.1 Å². The molecule has 33 heavy (non-hydrogen) atoms. The highest BCUT2D eigenvalue weighted by molar-refractivity contribution is 6.30. The van der Waals surface area contributed by atoms with Crippen LogP contribution in [0.1, 0.15) is 48.3 Å². The molecule has 0 amide bonds. The third-order valence-corrected chi connectivity index (χ3v) is 6.31. The smallest absolute Gasteiger partial charge is 0.343 e. The van der Waals surface area contributed by atoms with Gasteiger partial charge in [-0.05, 0) is 24.6 Å². The summed E-state index contributed by atoms with van der Waals surface area (Å²) in [6.45, 7) is 1.41. The molecule has 3 aromatic rings. The molecule has 9 heteroatoms. The van der Waals surface area contributed by atoms with E-state index in [2.05, 4.69) is 0 Å². The van der Waals surface area contributed by atoms with Gasteiger partial charge < -0.3 is 23.7 Å². The maximum atomic E-state index is 13.2. The Kier molecular flexibility index (Phi) is 5.05. The predicted molar refractivity (Wildman–Crippen MR) is 117 cm³/mol. The van der Waals surface area contributed by atoms with E-state index in [-0.39, 0.29) is 46.7 Å². The summed E-state index contributed by atoms with van der Waals surface area (Å²) in [4.78, 5) is 37.1. The second-order valence-electron chi connectivity index (χ2n) is 8.14. The number of hydrogen-bond donors (Lipinski definition) is 1. The van der Waals surface area contributed by atoms with Gasteiger partial charge in [0.25, 0.3) is 6.29 Å². The summed E-state index contributed by atoms with van der Waals surface area (Å²) in [7, 11) is 1.41. The fourth-order valence-corrected chi connectivity index (χ4v) is 4.75. The normalized spacial score (nSPS) is 19.5. The summed E-state index contributed by atoms with van der Waals surface area (Å²) < 4.78 is 22.1. The van der Waals surface area contributed by atoms with E-state index in [1.54, 1.807) is 30.3 Å². The number of methoxy groups -OCH3 is 1. The van der Waals surface area contributed by atoms with Crippen molar-refractivity contribution in [2.45, 2.75) is 37.9 Å². The zero-order valence-electron chi connectivity index (χ0n) is 17.7. The van der Waals surface area contributed by atoms with Crippen molar-refractivity contribution >= 4 is 34.3 Å². The van der Waals surface area contributed by atoms with Crippen molar-refractivity contribution in [3.63, 3.8) is 0 Å². The van der Waals surface area contributed by atoms with E-state index in [4.69, 9.17) is 30.2 Å². The van der Waals surface area contributed by atoms with E-state index in [1.165, 1.54) is 14.0 Å². The van der Waals surface area contributed by atoms with Gasteiger partial charge in [0.15, 0.2) is 5.58 Å². The summed E-state index contributed by atoms with van der Waals surface area (Å²) in [5, 5.41) is 12.0. The summed E-state index contributed by atoms with van der Waals surface area (Å²) in [6.07, 6.45) is -0.799. The Hall–Kier alpha value is -3.52. The van der Waals surface area contributed by atoms with E-state index in [0.717, 1.165) is 0 Å². The Morgan fingerprint density at radius 3 is 2.64 bits per heavy atom. The highest BCUT2D eigenvalue weighted by Crippen LogP contribution is 2.52. The Bertz CT molecular complexity index is 1360. The van der Waals surface area contributed by atoms with Gasteiger partial charge >= 0.3 is 11.6 Å². The van der Waals surface area contributed by atoms with E-state index in [1.807, 2.05) is 0 Å². The van der Waals surface area contributed by atoms with E-state index in [9.17, 15) is 19.5 Å². The number of rotatable bonds is 5. The van der Waals surface area contributed by atoms with Crippen molar-refractivity contribution in [2.24, 2.45) is 0 Å². The quantitative estimate of drug-likeness (QED) is 0.439. The molecule has 0 bridgehead atoms. The minimum Gasteiger partial charge on any atom is -0.506 e. The van der Waals surface area contributed by atoms with Crippen LogP contribution in [0.2, 0.25) is 5.02 Å². The second-order valence-corrected chi connectivity index (χ2v) is 8.58. The molecular weight excluding hydrogens is 452 g/mol. The summed E-state index contributed by atoms with van der Waals surface area (Å²) in [5.41, 5.74) is 0.294. The fourth-order valence-electron chi connectivity index (χ4n) is 4.63. The minimum absolute atomic E-state index is 0.0329. The second kappa shape index (κ2) is 7.81. The third kappa shape index (κ3) is 3.41. The van der Waals surface area contributed by atoms with E-state index < -0.39 is 29.7 Å². The topological polar surface area (TPSA) is 112 Å². The zero-order valence-corrected chi connectivity index (χ0v) is 18.5. The van der Waals surface area contributed by atoms with Crippen LogP contribution in [-0.2, 0) is 14.3 Å². The van der Waals surface area contributed by atoms with Crippen LogP contribution in [0.5, 0.6) is 17.2 Å². The number of esters is 1. The molecule has 5 rings (SSSR count). The molecule has 3 unspecified atom stereocenters. The molecule has 3 atom stereocenters. The van der Waals surface area contributed by atoms with Gasteiger partial charge in [-0.1, -0.05) is 23.7 Å². The number of hydrogen-bond acceptors (Lipinski definition) is 8. The molecule has 0 spiro atoms. The molecule has 0 saturated carbocycles. The monoisotopic (exact) mass is 470 g/mol. The lowest BCUT2D eigenvalue weighted by atomic mass is 9.86. The number of fused-ring (bicyclic) bond motifs is 5. The van der Waals surface area contributed by atoms with Crippen molar-refractivity contribution in [3.8, 4) is 17.2 Å². The van der Waals surface area contributed by atoms with Crippen molar-refractivity contribution in [1.82, 2.24) is 0 Å². The Labute approximate surface area is 192 Å². The molecule has 2 aromatic carbocycles. The van der Waals surface area contributed by atoms with Crippen LogP contribution >= 0.6 is 11.6 Å². The van der Waals surface area contributed by atoms with E-state index in [0.29, 0.717) is 21.9 Å². The first-order valence-electron chi connectivity index (χ1n) is 10.3. The number of ketones is 1. The van der Waals surface area contributed by atoms with Gasteiger partial charge in [0, 0.05) is 29.0 Å². The summed E-state index contributed by atoms with van der Waals surface area (Å²) in [5.74, 6) is -1.61. The van der Waals surface area contributed by atoms with Crippen molar-refractivity contribution in [3.05, 3.63) is 62.5 Å². The van der Waals surface area contributed by atoms with Crippen LogP contribution in [0.3, 0.4) is 0 Å². The van der Waals surface area contributed by atoms with Crippen LogP contribution in [0.4, 0.5) is 0 Å². The first-order chi connectivity index (χ1) is 15.8. The lowest BCUT2D eigenvalue weighted by Gasteiger charge is -2.19. The largest absolute Gasteiger partial charge is 0.506 e. The first-order valence-corrected chi connectivity index (χ1v) is 10.7. The molecule has 8 nitrogen and oxygen atoms in total. The molecule has 3 heterocycles. The highest BCUT2D eigenvalue weighted by Gasteiger charge is 2.47. The molecule has 2 aliphatic heterocycles. The Morgan fingerprint density at radius 1 is 1.24 bits per heavy atom. The Balaban J connectivity index is 1.77. The maximum Gasteiger partial charge on any atom is 0.343 e. The van der Waals surface area contributed by atoms with Gasteiger partial charge in [-0.15, -0.1) is 0 Å². The standard InChI is InChI=1S/C24H19ClO8/c1-10(26)7-13(11-3-5-12(25)6-4-11)19-21(28)20-15(30-2)9-16-18(22(20)33-23(19)29)14-8-17(27)32-24(14)31-16/h3-6,9,13-14,24,28H,7-8H2,1-2H3. The van der Waals surface area contributed by atoms with Gasteiger partial charge in [0.1, 0.15) is 28.4 Å². The minimum atomic E-state index is -0.825. The SMILES string of the molecule is COc1cc2c(c3oc(=O)c(C(CC(C)=O)c4ccc(Cl)cc4)c(O)c13)C1CC(=O)OC1O2. The Morgan fingerprint density at radius 2 is 1.97 bits per heavy atom. The number of Topliss-reactive ketones (excluding diaryl/α,β-unsaturated/α-hetero) is 1. The number of halogens is 1. The lowest BCUT2D eigenvalue weighted by molar-refractivity contribution is -0.150. The van der Waals surface area contributed by atoms with Crippen LogP contribution in [0.15, 0.2) is 39.5 Å². The fraction of sp³-hybridized carbons (Fsp3) is 0.292. The summed E-state index contributed by atoms with van der Waals surface area (Å²) in [6, 6.07) is 8.24. The van der Waals surface area contributed by atoms with Crippen molar-refractivity contribution < 1.29 is 33.3 Å². The first kappa shape index (κ1) is 21.3. The average molecular weight is 471 g/mol. The average Bonchev–Trinajstić information content (AvgIpc) is 3.27. The molecule has 2 aliphatic rings. The third-order valence-electron chi connectivity index (χ3n) is 6.06. The van der Waals surface area contributed by atoms with Crippen molar-refractivity contribution in [1.29, 1.82) is 0 Å². The van der Waals surface area contributed by atoms with Crippen LogP contribution in [-0.4, -0.2) is 30.3 Å². The maximum absolute atomic E-state index is 13.2. The molecular formula is C24H19ClO8. The molecule has 1 saturated heterocycles. The molecule has 1 N–H and O–H groups in total. The van der Waals surface area contributed by atoms with E-state index >= 15 is 0 Å². The number of benzene rings is 2. The molecule has 1 fully saturated rings. The van der Waals surface area contributed by atoms with Gasteiger partial charge in [0.2, 0.25) is 0 Å².